The molecule has 1 aromatic carbocycles. The van der Waals surface area contributed by atoms with Gasteiger partial charge in [-0.2, -0.15) is 0 Å². The molecule has 0 bridgehead atoms. The van der Waals surface area contributed by atoms with Crippen molar-refractivity contribution in [2.75, 3.05) is 11.6 Å². The standard InChI is InChI=1S/C15H17NOS2/c1-18-13-9-7-12(8-10-13)16-15(17)6-2-4-14-5-3-11-19-14/h3,5,7-11H,2,4,6H2,1H3,(H,16,17). The Kier molecular flexibility index (Phi) is 5.48. The molecule has 1 aromatic heterocycles. The number of hydrogen-bond donors (Lipinski definition) is 1. The Morgan fingerprint density at radius 2 is 2.05 bits per heavy atom. The van der Waals surface area contributed by atoms with Crippen molar-refractivity contribution in [2.24, 2.45) is 0 Å². The monoisotopic (exact) mass is 291 g/mol. The molecule has 0 saturated heterocycles. The van der Waals surface area contributed by atoms with Gasteiger partial charge in [-0.05, 0) is 54.8 Å². The number of thiophene rings is 1. The molecule has 2 aromatic rings. The summed E-state index contributed by atoms with van der Waals surface area (Å²) in [5.41, 5.74) is 0.874. The van der Waals surface area contributed by atoms with Gasteiger partial charge in [0.2, 0.25) is 5.91 Å². The van der Waals surface area contributed by atoms with Crippen molar-refractivity contribution in [2.45, 2.75) is 24.2 Å². The predicted molar refractivity (Wildman–Crippen MR) is 84.1 cm³/mol. The summed E-state index contributed by atoms with van der Waals surface area (Å²) in [7, 11) is 0. The van der Waals surface area contributed by atoms with Gasteiger partial charge in [0.15, 0.2) is 0 Å². The summed E-state index contributed by atoms with van der Waals surface area (Å²) in [4.78, 5) is 14.3. The van der Waals surface area contributed by atoms with Gasteiger partial charge >= 0.3 is 0 Å². The van der Waals surface area contributed by atoms with Crippen LogP contribution in [0, 0.1) is 0 Å². The quantitative estimate of drug-likeness (QED) is 0.798. The fourth-order valence-electron chi connectivity index (χ4n) is 1.78. The lowest BCUT2D eigenvalue weighted by atomic mass is 10.2. The molecular weight excluding hydrogens is 274 g/mol. The van der Waals surface area contributed by atoms with E-state index in [2.05, 4.69) is 16.8 Å². The van der Waals surface area contributed by atoms with Crippen molar-refractivity contribution in [1.82, 2.24) is 0 Å². The number of carbonyl (C=O) groups is 1. The number of thioether (sulfide) groups is 1. The van der Waals surface area contributed by atoms with Gasteiger partial charge in [0.25, 0.3) is 0 Å². The van der Waals surface area contributed by atoms with Crippen LogP contribution in [-0.2, 0) is 11.2 Å². The Labute approximate surface area is 122 Å². The molecule has 0 unspecified atom stereocenters. The van der Waals surface area contributed by atoms with Crippen LogP contribution in [-0.4, -0.2) is 12.2 Å². The third-order valence-corrected chi connectivity index (χ3v) is 4.46. The van der Waals surface area contributed by atoms with Crippen LogP contribution in [0.3, 0.4) is 0 Å². The fraction of sp³-hybridized carbons (Fsp3) is 0.267. The third-order valence-electron chi connectivity index (χ3n) is 2.78. The largest absolute Gasteiger partial charge is 0.326 e. The zero-order chi connectivity index (χ0) is 13.5. The van der Waals surface area contributed by atoms with Crippen molar-refractivity contribution < 1.29 is 4.79 Å². The summed E-state index contributed by atoms with van der Waals surface area (Å²) < 4.78 is 0. The molecule has 2 rings (SSSR count). The van der Waals surface area contributed by atoms with E-state index in [0.717, 1.165) is 18.5 Å². The van der Waals surface area contributed by atoms with Crippen LogP contribution < -0.4 is 5.32 Å². The number of carbonyl (C=O) groups excluding carboxylic acids is 1. The van der Waals surface area contributed by atoms with E-state index in [9.17, 15) is 4.79 Å². The smallest absolute Gasteiger partial charge is 0.224 e. The first-order chi connectivity index (χ1) is 9.28. The Morgan fingerprint density at radius 1 is 1.26 bits per heavy atom. The fourth-order valence-corrected chi connectivity index (χ4v) is 2.94. The molecule has 0 aliphatic rings. The zero-order valence-electron chi connectivity index (χ0n) is 10.9. The maximum atomic E-state index is 11.8. The molecule has 0 atom stereocenters. The molecule has 1 amide bonds. The lowest BCUT2D eigenvalue weighted by molar-refractivity contribution is -0.116. The van der Waals surface area contributed by atoms with Crippen molar-refractivity contribution >= 4 is 34.7 Å². The lowest BCUT2D eigenvalue weighted by Gasteiger charge is -2.05. The number of nitrogens with one attached hydrogen (secondary N) is 1. The first-order valence-electron chi connectivity index (χ1n) is 6.24. The van der Waals surface area contributed by atoms with Gasteiger partial charge in [-0.1, -0.05) is 6.07 Å². The van der Waals surface area contributed by atoms with E-state index < -0.39 is 0 Å². The van der Waals surface area contributed by atoms with Crippen LogP contribution >= 0.6 is 23.1 Å². The molecule has 1 heterocycles. The number of benzene rings is 1. The van der Waals surface area contributed by atoms with E-state index in [1.54, 1.807) is 23.1 Å². The van der Waals surface area contributed by atoms with E-state index in [-0.39, 0.29) is 5.91 Å². The molecule has 19 heavy (non-hydrogen) atoms. The summed E-state index contributed by atoms with van der Waals surface area (Å²) in [6, 6.07) is 12.1. The van der Waals surface area contributed by atoms with Crippen molar-refractivity contribution in [3.05, 3.63) is 46.7 Å². The zero-order valence-corrected chi connectivity index (χ0v) is 12.5. The second kappa shape index (κ2) is 7.36. The van der Waals surface area contributed by atoms with Crippen LogP contribution in [0.4, 0.5) is 5.69 Å². The summed E-state index contributed by atoms with van der Waals surface area (Å²) >= 11 is 3.45. The normalized spacial score (nSPS) is 10.4. The van der Waals surface area contributed by atoms with E-state index >= 15 is 0 Å². The minimum absolute atomic E-state index is 0.0912. The number of aryl methyl sites for hydroxylation is 1. The Balaban J connectivity index is 1.74. The first-order valence-corrected chi connectivity index (χ1v) is 8.34. The molecule has 0 aliphatic heterocycles. The molecule has 0 saturated carbocycles. The van der Waals surface area contributed by atoms with Crippen LogP contribution in [0.15, 0.2) is 46.7 Å². The van der Waals surface area contributed by atoms with Crippen molar-refractivity contribution in [3.63, 3.8) is 0 Å². The number of hydrogen-bond acceptors (Lipinski definition) is 3. The number of anilines is 1. The van der Waals surface area contributed by atoms with Gasteiger partial charge in [-0.25, -0.2) is 0 Å². The lowest BCUT2D eigenvalue weighted by Crippen LogP contribution is -2.11. The highest BCUT2D eigenvalue weighted by molar-refractivity contribution is 7.98. The van der Waals surface area contributed by atoms with E-state index in [1.165, 1.54) is 9.77 Å². The summed E-state index contributed by atoms with van der Waals surface area (Å²) in [6.07, 6.45) is 4.49. The highest BCUT2D eigenvalue weighted by atomic mass is 32.2. The van der Waals surface area contributed by atoms with E-state index in [4.69, 9.17) is 0 Å². The Bertz CT molecular complexity index is 505. The minimum atomic E-state index is 0.0912. The Morgan fingerprint density at radius 3 is 2.68 bits per heavy atom. The second-order valence-electron chi connectivity index (χ2n) is 4.21. The summed E-state index contributed by atoms with van der Waals surface area (Å²) in [6.45, 7) is 0. The molecule has 0 fully saturated rings. The van der Waals surface area contributed by atoms with Crippen LogP contribution in [0.5, 0.6) is 0 Å². The van der Waals surface area contributed by atoms with Crippen molar-refractivity contribution in [3.8, 4) is 0 Å². The molecular formula is C15H17NOS2. The number of rotatable bonds is 6. The Hall–Kier alpha value is -1.26. The highest BCUT2D eigenvalue weighted by Crippen LogP contribution is 2.18. The second-order valence-corrected chi connectivity index (χ2v) is 6.12. The molecule has 1 N–H and O–H groups in total. The van der Waals surface area contributed by atoms with Gasteiger partial charge in [0.1, 0.15) is 0 Å². The summed E-state index contributed by atoms with van der Waals surface area (Å²) in [5.74, 6) is 0.0912. The van der Waals surface area contributed by atoms with Crippen molar-refractivity contribution in [1.29, 1.82) is 0 Å². The maximum Gasteiger partial charge on any atom is 0.224 e. The molecule has 4 heteroatoms. The molecule has 0 aliphatic carbocycles. The first kappa shape index (κ1) is 14.2. The van der Waals surface area contributed by atoms with Gasteiger partial charge in [0, 0.05) is 21.9 Å². The van der Waals surface area contributed by atoms with Gasteiger partial charge < -0.3 is 5.32 Å². The summed E-state index contributed by atoms with van der Waals surface area (Å²) in [5, 5.41) is 5.00. The third kappa shape index (κ3) is 4.73. The minimum Gasteiger partial charge on any atom is -0.326 e. The predicted octanol–water partition coefficient (Wildman–Crippen LogP) is 4.43. The van der Waals surface area contributed by atoms with Gasteiger partial charge in [0.05, 0.1) is 0 Å². The molecule has 0 spiro atoms. The van der Waals surface area contributed by atoms with Crippen LogP contribution in [0.25, 0.3) is 0 Å². The molecule has 0 radical (unpaired) electrons. The average molecular weight is 291 g/mol. The molecule has 100 valence electrons. The van der Waals surface area contributed by atoms with Crippen LogP contribution in [0.2, 0.25) is 0 Å². The SMILES string of the molecule is CSc1ccc(NC(=O)CCCc2cccs2)cc1. The molecule has 2 nitrogen and oxygen atoms in total. The topological polar surface area (TPSA) is 29.1 Å². The average Bonchev–Trinajstić information content (AvgIpc) is 2.93. The van der Waals surface area contributed by atoms with Crippen LogP contribution in [0.1, 0.15) is 17.7 Å². The maximum absolute atomic E-state index is 11.8. The highest BCUT2D eigenvalue weighted by Gasteiger charge is 2.03. The van der Waals surface area contributed by atoms with E-state index in [0.29, 0.717) is 6.42 Å². The van der Waals surface area contributed by atoms with Gasteiger partial charge in [-0.3, -0.25) is 4.79 Å². The van der Waals surface area contributed by atoms with E-state index in [1.807, 2.05) is 36.6 Å². The number of amides is 1. The van der Waals surface area contributed by atoms with Gasteiger partial charge in [-0.15, -0.1) is 23.1 Å².